The van der Waals surface area contributed by atoms with Gasteiger partial charge in [-0.1, -0.05) is 26.7 Å². The molecule has 0 aromatic rings. The topological polar surface area (TPSA) is 9.23 Å². The summed E-state index contributed by atoms with van der Waals surface area (Å²) in [5.74, 6) is 1.27. The van der Waals surface area contributed by atoms with Gasteiger partial charge in [-0.3, -0.25) is 0 Å². The van der Waals surface area contributed by atoms with Gasteiger partial charge in [-0.15, -0.1) is 0 Å². The summed E-state index contributed by atoms with van der Waals surface area (Å²) in [5.41, 5.74) is 0. The smallest absolute Gasteiger partial charge is 0.157 e. The Hall–Kier alpha value is -0.180. The summed E-state index contributed by atoms with van der Waals surface area (Å²) in [4.78, 5) is 0. The standard InChI is InChI=1S/C15H26F2O/c1-9-4-6-11(7-5-9)13-10(2)8-12(18-3)14(16)15(13)17/h9-15H,4-8H2,1-3H3. The zero-order valence-corrected chi connectivity index (χ0v) is 11.7. The van der Waals surface area contributed by atoms with Crippen LogP contribution in [-0.4, -0.2) is 25.6 Å². The minimum absolute atomic E-state index is 0.0982. The molecule has 5 atom stereocenters. The molecule has 0 bridgehead atoms. The Balaban J connectivity index is 2.03. The molecule has 2 rings (SSSR count). The molecule has 1 nitrogen and oxygen atoms in total. The molecule has 0 aromatic heterocycles. The van der Waals surface area contributed by atoms with Crippen LogP contribution in [0.5, 0.6) is 0 Å². The van der Waals surface area contributed by atoms with E-state index in [1.807, 2.05) is 0 Å². The van der Waals surface area contributed by atoms with E-state index in [9.17, 15) is 8.78 Å². The fourth-order valence-corrected chi connectivity index (χ4v) is 4.01. The average molecular weight is 260 g/mol. The SMILES string of the molecule is COC1CC(C)C(C2CCC(C)CC2)C(F)C1F. The summed E-state index contributed by atoms with van der Waals surface area (Å²) in [5, 5.41) is 0. The van der Waals surface area contributed by atoms with E-state index in [1.165, 1.54) is 20.0 Å². The molecule has 0 N–H and O–H groups in total. The number of methoxy groups -OCH3 is 1. The maximum atomic E-state index is 14.4. The van der Waals surface area contributed by atoms with E-state index in [0.29, 0.717) is 12.3 Å². The van der Waals surface area contributed by atoms with Gasteiger partial charge in [-0.2, -0.15) is 0 Å². The molecule has 106 valence electrons. The number of hydrogen-bond donors (Lipinski definition) is 0. The highest BCUT2D eigenvalue weighted by Crippen LogP contribution is 2.45. The van der Waals surface area contributed by atoms with E-state index >= 15 is 0 Å². The Morgan fingerprint density at radius 1 is 0.944 bits per heavy atom. The number of hydrogen-bond acceptors (Lipinski definition) is 1. The van der Waals surface area contributed by atoms with Crippen molar-refractivity contribution in [2.45, 2.75) is 64.4 Å². The van der Waals surface area contributed by atoms with Crippen molar-refractivity contribution in [2.24, 2.45) is 23.7 Å². The molecule has 0 spiro atoms. The number of halogens is 2. The number of rotatable bonds is 2. The highest BCUT2D eigenvalue weighted by Gasteiger charge is 2.47. The lowest BCUT2D eigenvalue weighted by atomic mass is 9.65. The van der Waals surface area contributed by atoms with Crippen molar-refractivity contribution in [3.63, 3.8) is 0 Å². The summed E-state index contributed by atoms with van der Waals surface area (Å²) in [6, 6.07) is 0. The van der Waals surface area contributed by atoms with Gasteiger partial charge in [0.25, 0.3) is 0 Å². The molecule has 18 heavy (non-hydrogen) atoms. The van der Waals surface area contributed by atoms with Crippen LogP contribution in [0.2, 0.25) is 0 Å². The van der Waals surface area contributed by atoms with Crippen LogP contribution in [0.15, 0.2) is 0 Å². The van der Waals surface area contributed by atoms with Crippen molar-refractivity contribution in [2.75, 3.05) is 7.11 Å². The largest absolute Gasteiger partial charge is 0.378 e. The Morgan fingerprint density at radius 3 is 2.11 bits per heavy atom. The Morgan fingerprint density at radius 2 is 1.56 bits per heavy atom. The van der Waals surface area contributed by atoms with Crippen LogP contribution >= 0.6 is 0 Å². The van der Waals surface area contributed by atoms with E-state index < -0.39 is 18.4 Å². The quantitative estimate of drug-likeness (QED) is 0.724. The Kier molecular flexibility index (Phi) is 4.63. The van der Waals surface area contributed by atoms with Crippen LogP contribution in [0, 0.1) is 23.7 Å². The molecule has 2 aliphatic carbocycles. The molecule has 0 aromatic carbocycles. The van der Waals surface area contributed by atoms with Crippen molar-refractivity contribution in [3.8, 4) is 0 Å². The highest BCUT2D eigenvalue weighted by molar-refractivity contribution is 4.95. The second-order valence-corrected chi connectivity index (χ2v) is 6.47. The Bertz CT molecular complexity index is 261. The third-order valence-corrected chi connectivity index (χ3v) is 5.20. The molecule has 0 saturated heterocycles. The zero-order valence-electron chi connectivity index (χ0n) is 11.7. The van der Waals surface area contributed by atoms with Gasteiger partial charge in [0.1, 0.15) is 6.17 Å². The third kappa shape index (κ3) is 2.71. The van der Waals surface area contributed by atoms with E-state index in [1.54, 1.807) is 0 Å². The van der Waals surface area contributed by atoms with Gasteiger partial charge in [-0.05, 0) is 42.9 Å². The first-order chi connectivity index (χ1) is 8.54. The van der Waals surface area contributed by atoms with Gasteiger partial charge in [0.15, 0.2) is 6.17 Å². The number of alkyl halides is 2. The van der Waals surface area contributed by atoms with Gasteiger partial charge in [0.2, 0.25) is 0 Å². The maximum Gasteiger partial charge on any atom is 0.157 e. The van der Waals surface area contributed by atoms with Crippen LogP contribution in [0.3, 0.4) is 0 Å². The van der Waals surface area contributed by atoms with Gasteiger partial charge in [-0.25, -0.2) is 8.78 Å². The van der Waals surface area contributed by atoms with Gasteiger partial charge >= 0.3 is 0 Å². The van der Waals surface area contributed by atoms with E-state index in [2.05, 4.69) is 13.8 Å². The van der Waals surface area contributed by atoms with Gasteiger partial charge in [0, 0.05) is 7.11 Å². The minimum Gasteiger partial charge on any atom is -0.378 e. The fraction of sp³-hybridized carbons (Fsp3) is 1.00. The van der Waals surface area contributed by atoms with Crippen molar-refractivity contribution >= 4 is 0 Å². The second kappa shape index (κ2) is 5.85. The average Bonchev–Trinajstić information content (AvgIpc) is 2.36. The Labute approximate surface area is 109 Å². The van der Waals surface area contributed by atoms with Crippen LogP contribution in [-0.2, 0) is 4.74 Å². The molecule has 0 aliphatic heterocycles. The fourth-order valence-electron chi connectivity index (χ4n) is 4.01. The summed E-state index contributed by atoms with van der Waals surface area (Å²) in [7, 11) is 1.49. The zero-order chi connectivity index (χ0) is 13.3. The first-order valence-electron chi connectivity index (χ1n) is 7.35. The lowest BCUT2D eigenvalue weighted by molar-refractivity contribution is -0.0942. The molecule has 2 fully saturated rings. The molecule has 0 heterocycles. The van der Waals surface area contributed by atoms with Crippen molar-refractivity contribution in [1.29, 1.82) is 0 Å². The predicted molar refractivity (Wildman–Crippen MR) is 69.0 cm³/mol. The van der Waals surface area contributed by atoms with Crippen molar-refractivity contribution in [1.82, 2.24) is 0 Å². The normalized spacial score (nSPS) is 50.2. The summed E-state index contributed by atoms with van der Waals surface area (Å²) < 4.78 is 33.4. The van der Waals surface area contributed by atoms with Crippen LogP contribution < -0.4 is 0 Å². The molecule has 2 aliphatic rings. The predicted octanol–water partition coefficient (Wildman–Crippen LogP) is 4.16. The van der Waals surface area contributed by atoms with Crippen LogP contribution in [0.25, 0.3) is 0 Å². The lowest BCUT2D eigenvalue weighted by Gasteiger charge is -2.44. The van der Waals surface area contributed by atoms with Crippen LogP contribution in [0.1, 0.15) is 46.0 Å². The van der Waals surface area contributed by atoms with E-state index in [0.717, 1.165) is 18.8 Å². The molecule has 3 heteroatoms. The molecule has 5 unspecified atom stereocenters. The van der Waals surface area contributed by atoms with Crippen molar-refractivity contribution in [3.05, 3.63) is 0 Å². The van der Waals surface area contributed by atoms with Gasteiger partial charge in [0.05, 0.1) is 6.10 Å². The second-order valence-electron chi connectivity index (χ2n) is 6.47. The molecular weight excluding hydrogens is 234 g/mol. The monoisotopic (exact) mass is 260 g/mol. The first kappa shape index (κ1) is 14.2. The van der Waals surface area contributed by atoms with E-state index in [-0.39, 0.29) is 11.8 Å². The summed E-state index contributed by atoms with van der Waals surface area (Å²) >= 11 is 0. The van der Waals surface area contributed by atoms with Gasteiger partial charge < -0.3 is 4.74 Å². The maximum absolute atomic E-state index is 14.4. The molecule has 2 saturated carbocycles. The highest BCUT2D eigenvalue weighted by atomic mass is 19.2. The first-order valence-corrected chi connectivity index (χ1v) is 7.35. The third-order valence-electron chi connectivity index (χ3n) is 5.20. The molecule has 0 amide bonds. The summed E-state index contributed by atoms with van der Waals surface area (Å²) in [6.07, 6.45) is 1.83. The number of ether oxygens (including phenoxy) is 1. The summed E-state index contributed by atoms with van der Waals surface area (Å²) in [6.45, 7) is 4.32. The minimum atomic E-state index is -1.43. The lowest BCUT2D eigenvalue weighted by Crippen LogP contribution is -2.49. The molecular formula is C15H26F2O. The van der Waals surface area contributed by atoms with Crippen molar-refractivity contribution < 1.29 is 13.5 Å². The molecule has 0 radical (unpaired) electrons. The van der Waals surface area contributed by atoms with Crippen LogP contribution in [0.4, 0.5) is 8.78 Å². The van der Waals surface area contributed by atoms with E-state index in [4.69, 9.17) is 4.74 Å².